The van der Waals surface area contributed by atoms with E-state index in [2.05, 4.69) is 36.5 Å². The Hall–Kier alpha value is -1.57. The van der Waals surface area contributed by atoms with Gasteiger partial charge >= 0.3 is 0 Å². The molecule has 0 saturated carbocycles. The lowest BCUT2D eigenvalue weighted by atomic mass is 10.0. The number of nitrogens with zero attached hydrogens (tertiary/aromatic N) is 1. The van der Waals surface area contributed by atoms with Crippen molar-refractivity contribution in [1.29, 1.82) is 0 Å². The molecule has 1 aliphatic carbocycles. The quantitative estimate of drug-likeness (QED) is 0.804. The normalized spacial score (nSPS) is 15.2. The van der Waals surface area contributed by atoms with Gasteiger partial charge in [0.1, 0.15) is 0 Å². The van der Waals surface area contributed by atoms with Gasteiger partial charge in [0, 0.05) is 23.3 Å². The van der Waals surface area contributed by atoms with Gasteiger partial charge in [-0.15, -0.1) is 0 Å². The smallest absolute Gasteiger partial charge is 0.0726 e. The van der Waals surface area contributed by atoms with Crippen LogP contribution in [0.5, 0.6) is 0 Å². The number of nitrogens with one attached hydrogen (secondary N) is 1. The summed E-state index contributed by atoms with van der Waals surface area (Å²) in [4.78, 5) is 4.88. The number of anilines is 1. The first kappa shape index (κ1) is 11.5. The monoisotopic (exact) mass is 240 g/mol. The van der Waals surface area contributed by atoms with Crippen molar-refractivity contribution in [2.45, 2.75) is 39.0 Å². The largest absolute Gasteiger partial charge is 0.384 e. The molecule has 0 radical (unpaired) electrons. The first-order valence-corrected chi connectivity index (χ1v) is 7.04. The Kier molecular flexibility index (Phi) is 3.18. The minimum absolute atomic E-state index is 0.973. The number of hydrogen-bond acceptors (Lipinski definition) is 2. The van der Waals surface area contributed by atoms with Crippen molar-refractivity contribution in [2.24, 2.45) is 0 Å². The SMILES string of the molecule is CCNc1c2c(nc3ccccc13)CCCCC2. The second-order valence-electron chi connectivity index (χ2n) is 5.02. The number of aromatic nitrogens is 1. The Balaban J connectivity index is 2.25. The number of aryl methyl sites for hydroxylation is 1. The summed E-state index contributed by atoms with van der Waals surface area (Å²) in [6, 6.07) is 8.49. The Bertz CT molecular complexity index is 560. The maximum absolute atomic E-state index is 4.88. The molecule has 0 bridgehead atoms. The highest BCUT2D eigenvalue weighted by atomic mass is 14.9. The molecule has 94 valence electrons. The van der Waals surface area contributed by atoms with Crippen LogP contribution in [0.25, 0.3) is 10.9 Å². The van der Waals surface area contributed by atoms with Gasteiger partial charge in [-0.25, -0.2) is 0 Å². The lowest BCUT2D eigenvalue weighted by Gasteiger charge is -2.16. The molecule has 3 rings (SSSR count). The summed E-state index contributed by atoms with van der Waals surface area (Å²) in [7, 11) is 0. The van der Waals surface area contributed by atoms with Gasteiger partial charge in [-0.3, -0.25) is 4.98 Å². The van der Waals surface area contributed by atoms with E-state index in [4.69, 9.17) is 4.98 Å². The fourth-order valence-electron chi connectivity index (χ4n) is 2.93. The van der Waals surface area contributed by atoms with Gasteiger partial charge in [0.05, 0.1) is 5.52 Å². The third-order valence-corrected chi connectivity index (χ3v) is 3.77. The fourth-order valence-corrected chi connectivity index (χ4v) is 2.93. The number of para-hydroxylation sites is 1. The van der Waals surface area contributed by atoms with Crippen LogP contribution in [-0.2, 0) is 12.8 Å². The molecule has 0 atom stereocenters. The molecule has 2 heteroatoms. The predicted molar refractivity (Wildman–Crippen MR) is 77.2 cm³/mol. The van der Waals surface area contributed by atoms with Gasteiger partial charge < -0.3 is 5.32 Å². The molecule has 0 saturated heterocycles. The molecule has 1 aliphatic rings. The average Bonchev–Trinajstić information content (AvgIpc) is 2.64. The molecule has 0 fully saturated rings. The highest BCUT2D eigenvalue weighted by Gasteiger charge is 2.16. The third kappa shape index (κ3) is 1.96. The Morgan fingerprint density at radius 3 is 2.83 bits per heavy atom. The average molecular weight is 240 g/mol. The van der Waals surface area contributed by atoms with Gasteiger partial charge in [0.2, 0.25) is 0 Å². The van der Waals surface area contributed by atoms with Crippen LogP contribution >= 0.6 is 0 Å². The summed E-state index contributed by atoms with van der Waals surface area (Å²) in [6.07, 6.45) is 6.22. The van der Waals surface area contributed by atoms with Crippen molar-refractivity contribution in [2.75, 3.05) is 11.9 Å². The third-order valence-electron chi connectivity index (χ3n) is 3.77. The number of fused-ring (bicyclic) bond motifs is 2. The zero-order valence-corrected chi connectivity index (χ0v) is 11.0. The molecule has 0 spiro atoms. The molecular weight excluding hydrogens is 220 g/mol. The van der Waals surface area contributed by atoms with E-state index in [1.807, 2.05) is 0 Å². The molecule has 1 N–H and O–H groups in total. The lowest BCUT2D eigenvalue weighted by Crippen LogP contribution is -2.06. The van der Waals surface area contributed by atoms with E-state index >= 15 is 0 Å². The minimum Gasteiger partial charge on any atom is -0.384 e. The topological polar surface area (TPSA) is 24.9 Å². The highest BCUT2D eigenvalue weighted by Crippen LogP contribution is 2.32. The van der Waals surface area contributed by atoms with Crippen molar-refractivity contribution in [3.63, 3.8) is 0 Å². The van der Waals surface area contributed by atoms with Gasteiger partial charge in [0.15, 0.2) is 0 Å². The van der Waals surface area contributed by atoms with Gasteiger partial charge in [-0.2, -0.15) is 0 Å². The maximum atomic E-state index is 4.88. The minimum atomic E-state index is 0.973. The number of benzene rings is 1. The molecule has 18 heavy (non-hydrogen) atoms. The molecule has 0 amide bonds. The van der Waals surface area contributed by atoms with E-state index in [1.54, 1.807) is 0 Å². The van der Waals surface area contributed by atoms with Gasteiger partial charge in [-0.1, -0.05) is 24.6 Å². The van der Waals surface area contributed by atoms with Gasteiger partial charge in [0.25, 0.3) is 0 Å². The van der Waals surface area contributed by atoms with Crippen molar-refractivity contribution in [3.8, 4) is 0 Å². The number of hydrogen-bond donors (Lipinski definition) is 1. The summed E-state index contributed by atoms with van der Waals surface area (Å²) in [5.41, 5.74) is 5.25. The summed E-state index contributed by atoms with van der Waals surface area (Å²) in [5, 5.41) is 4.84. The van der Waals surface area contributed by atoms with E-state index < -0.39 is 0 Å². The van der Waals surface area contributed by atoms with Crippen molar-refractivity contribution in [3.05, 3.63) is 35.5 Å². The molecule has 0 aliphatic heterocycles. The second-order valence-corrected chi connectivity index (χ2v) is 5.02. The first-order valence-electron chi connectivity index (χ1n) is 7.04. The maximum Gasteiger partial charge on any atom is 0.0726 e. The zero-order valence-electron chi connectivity index (χ0n) is 11.0. The Labute approximate surface area is 108 Å². The summed E-state index contributed by atoms with van der Waals surface area (Å²) in [6.45, 7) is 3.14. The Morgan fingerprint density at radius 1 is 1.11 bits per heavy atom. The Morgan fingerprint density at radius 2 is 1.94 bits per heavy atom. The highest BCUT2D eigenvalue weighted by molar-refractivity contribution is 5.93. The van der Waals surface area contributed by atoms with Gasteiger partial charge in [-0.05, 0) is 44.2 Å². The molecule has 0 unspecified atom stereocenters. The van der Waals surface area contributed by atoms with Crippen LogP contribution in [0.1, 0.15) is 37.4 Å². The van der Waals surface area contributed by atoms with Crippen LogP contribution in [0.2, 0.25) is 0 Å². The molecule has 1 heterocycles. The fraction of sp³-hybridized carbons (Fsp3) is 0.438. The zero-order chi connectivity index (χ0) is 12.4. The summed E-state index contributed by atoms with van der Waals surface area (Å²) in [5.74, 6) is 0. The predicted octanol–water partition coefficient (Wildman–Crippen LogP) is 3.94. The lowest BCUT2D eigenvalue weighted by molar-refractivity contribution is 0.709. The van der Waals surface area contributed by atoms with Crippen molar-refractivity contribution >= 4 is 16.6 Å². The van der Waals surface area contributed by atoms with E-state index in [0.29, 0.717) is 0 Å². The molecule has 2 nitrogen and oxygen atoms in total. The van der Waals surface area contributed by atoms with E-state index in [0.717, 1.165) is 18.5 Å². The standard InChI is InChI=1S/C16H20N2/c1-2-17-16-12-8-4-3-5-10-14(12)18-15-11-7-6-9-13(15)16/h6-7,9,11H,2-5,8,10H2,1H3,(H,17,18). The van der Waals surface area contributed by atoms with E-state index in [9.17, 15) is 0 Å². The van der Waals surface area contributed by atoms with Crippen molar-refractivity contribution in [1.82, 2.24) is 4.98 Å². The number of rotatable bonds is 2. The second kappa shape index (κ2) is 4.97. The first-order chi connectivity index (χ1) is 8.90. The summed E-state index contributed by atoms with van der Waals surface area (Å²) >= 11 is 0. The van der Waals surface area contributed by atoms with Crippen LogP contribution in [-0.4, -0.2) is 11.5 Å². The van der Waals surface area contributed by atoms with E-state index in [1.165, 1.54) is 48.0 Å². The van der Waals surface area contributed by atoms with Crippen LogP contribution < -0.4 is 5.32 Å². The molecule has 1 aromatic heterocycles. The molecular formula is C16H20N2. The summed E-state index contributed by atoms with van der Waals surface area (Å²) < 4.78 is 0. The van der Waals surface area contributed by atoms with Crippen LogP contribution in [0.3, 0.4) is 0 Å². The van der Waals surface area contributed by atoms with Crippen molar-refractivity contribution < 1.29 is 0 Å². The van der Waals surface area contributed by atoms with Crippen LogP contribution in [0.4, 0.5) is 5.69 Å². The molecule has 1 aromatic carbocycles. The van der Waals surface area contributed by atoms with Crippen LogP contribution in [0, 0.1) is 0 Å². The van der Waals surface area contributed by atoms with Crippen LogP contribution in [0.15, 0.2) is 24.3 Å². The molecule has 2 aromatic rings. The number of pyridine rings is 1. The van der Waals surface area contributed by atoms with E-state index in [-0.39, 0.29) is 0 Å².